The molecular weight excluding hydrogens is 485 g/mol. The SMILES string of the molecule is [2H]c1c([2H])c(C(C)(C)C)c([2H])c2c1Oc1c([2H])c(C)c([2H])c3c1B2c1c([2H])c(C(C)(C)C)c([2H])c([2H])c1N3c1c([2H])c([2H])c(C(C)(C)C)c([2H])c1[2H]. The third-order valence-electron chi connectivity index (χ3n) is 7.34. The zero-order valence-corrected chi connectivity index (χ0v) is 24.9. The lowest BCUT2D eigenvalue weighted by Crippen LogP contribution is -2.60. The van der Waals surface area contributed by atoms with Crippen molar-refractivity contribution in [1.29, 1.82) is 0 Å². The summed E-state index contributed by atoms with van der Waals surface area (Å²) in [6.45, 7) is 16.6. The second-order valence-corrected chi connectivity index (χ2v) is 13.8. The predicted molar refractivity (Wildman–Crippen MR) is 173 cm³/mol. The van der Waals surface area contributed by atoms with Crippen LogP contribution in [0.1, 0.15) is 101 Å². The molecule has 0 bridgehead atoms. The van der Waals surface area contributed by atoms with Crippen molar-refractivity contribution in [2.24, 2.45) is 0 Å². The number of rotatable bonds is 1. The van der Waals surface area contributed by atoms with E-state index in [1.165, 1.54) is 11.8 Å². The van der Waals surface area contributed by atoms with Crippen molar-refractivity contribution in [2.75, 3.05) is 4.90 Å². The summed E-state index contributed by atoms with van der Waals surface area (Å²) in [7, 11) is 0. The summed E-state index contributed by atoms with van der Waals surface area (Å²) in [5.74, 6) is -0.235. The van der Waals surface area contributed by atoms with Crippen molar-refractivity contribution in [1.82, 2.24) is 0 Å². The Kier molecular flexibility index (Phi) is 3.53. The van der Waals surface area contributed by atoms with Crippen molar-refractivity contribution in [3.05, 3.63) is 94.8 Å². The maximum atomic E-state index is 9.80. The predicted octanol–water partition coefficient (Wildman–Crippen LogP) is 8.29. The van der Waals surface area contributed by atoms with Crippen LogP contribution in [-0.2, 0) is 16.2 Å². The summed E-state index contributed by atoms with van der Waals surface area (Å²) in [5, 5.41) is 0. The monoisotopic (exact) mass is 539 g/mol. The average molecular weight is 540 g/mol. The lowest BCUT2D eigenvalue weighted by Gasteiger charge is -2.41. The minimum atomic E-state index is -1.19. The molecule has 4 aromatic carbocycles. The van der Waals surface area contributed by atoms with Gasteiger partial charge in [0.2, 0.25) is 0 Å². The van der Waals surface area contributed by atoms with Gasteiger partial charge in [-0.25, -0.2) is 0 Å². The van der Waals surface area contributed by atoms with Crippen molar-refractivity contribution in [3.63, 3.8) is 0 Å². The third-order valence-corrected chi connectivity index (χ3v) is 7.34. The van der Waals surface area contributed by atoms with E-state index in [-0.39, 0.29) is 128 Å². The Labute approximate surface area is 258 Å². The first-order valence-electron chi connectivity index (χ1n) is 19.7. The van der Waals surface area contributed by atoms with Crippen molar-refractivity contribution < 1.29 is 21.2 Å². The van der Waals surface area contributed by atoms with Crippen molar-refractivity contribution in [2.45, 2.75) is 85.5 Å². The summed E-state index contributed by atoms with van der Waals surface area (Å²) in [6.07, 6.45) is 0. The van der Waals surface area contributed by atoms with Crippen LogP contribution in [0.2, 0.25) is 0 Å². The van der Waals surface area contributed by atoms with E-state index in [0.29, 0.717) is 0 Å². The molecule has 6 rings (SSSR count). The molecule has 0 spiro atoms. The van der Waals surface area contributed by atoms with Crippen LogP contribution >= 0.6 is 0 Å². The number of benzene rings is 4. The summed E-state index contributed by atoms with van der Waals surface area (Å²) >= 11 is 0. The van der Waals surface area contributed by atoms with Gasteiger partial charge < -0.3 is 9.64 Å². The smallest absolute Gasteiger partial charge is 0.256 e. The minimum absolute atomic E-state index is 0.0232. The molecule has 0 fully saturated rings. The molecule has 2 nitrogen and oxygen atoms in total. The van der Waals surface area contributed by atoms with Gasteiger partial charge in [-0.15, -0.1) is 0 Å². The molecule has 3 heteroatoms. The minimum Gasteiger partial charge on any atom is -0.458 e. The molecule has 0 aliphatic carbocycles. The third kappa shape index (κ3) is 4.35. The molecular formula is C37H42BNO. The van der Waals surface area contributed by atoms with Gasteiger partial charge >= 0.3 is 0 Å². The van der Waals surface area contributed by atoms with E-state index in [1.54, 1.807) is 20.8 Å². The lowest BCUT2D eigenvalue weighted by atomic mass is 9.33. The van der Waals surface area contributed by atoms with Gasteiger partial charge in [-0.1, -0.05) is 98.6 Å². The highest BCUT2D eigenvalue weighted by Crippen LogP contribution is 2.42. The summed E-state index contributed by atoms with van der Waals surface area (Å²) in [4.78, 5) is 1.26. The molecule has 204 valence electrons. The molecule has 2 aliphatic heterocycles. The van der Waals surface area contributed by atoms with E-state index in [4.69, 9.17) is 11.6 Å². The second-order valence-electron chi connectivity index (χ2n) is 13.8. The van der Waals surface area contributed by atoms with Gasteiger partial charge in [-0.3, -0.25) is 0 Å². The van der Waals surface area contributed by atoms with Gasteiger partial charge in [-0.05, 0) is 98.1 Å². The van der Waals surface area contributed by atoms with Gasteiger partial charge in [0.05, 0.1) is 16.4 Å². The van der Waals surface area contributed by atoms with Crippen LogP contribution in [0.15, 0.2) is 72.5 Å². The van der Waals surface area contributed by atoms with Gasteiger partial charge in [0.1, 0.15) is 11.5 Å². The molecule has 2 heterocycles. The lowest BCUT2D eigenvalue weighted by molar-refractivity contribution is 0.486. The number of ether oxygens (including phenoxy) is 1. The van der Waals surface area contributed by atoms with Gasteiger partial charge in [0, 0.05) is 17.1 Å². The van der Waals surface area contributed by atoms with Crippen LogP contribution in [0, 0.1) is 6.92 Å². The fraction of sp³-hybridized carbons (Fsp3) is 0.351. The molecule has 0 radical (unpaired) electrons. The molecule has 40 heavy (non-hydrogen) atoms. The Morgan fingerprint density at radius 2 is 1.15 bits per heavy atom. The van der Waals surface area contributed by atoms with Crippen LogP contribution in [-0.4, -0.2) is 6.71 Å². The maximum Gasteiger partial charge on any atom is 0.256 e. The standard InChI is InChI=1S/C37H42BNO/c1-23-19-31-34-33(20-23)40-32-18-14-26(37(8,9)10)22-29(32)38(34)28-21-25(36(5,6)7)13-17-30(28)39(31)27-15-11-24(12-16-27)35(2,3)4/h11-22H,1-10H3/i11D,12D,13D,14D,15D,16D,17D,18D,19D,20D,21D,22D. The molecule has 0 saturated heterocycles. The maximum absolute atomic E-state index is 9.80. The number of fused-ring (bicyclic) bond motifs is 4. The Hall–Kier alpha value is -3.46. The fourth-order valence-electron chi connectivity index (χ4n) is 5.05. The highest BCUT2D eigenvalue weighted by atomic mass is 16.5. The molecule has 0 amide bonds. The van der Waals surface area contributed by atoms with Crippen LogP contribution in [0.25, 0.3) is 0 Å². The quantitative estimate of drug-likeness (QED) is 0.195. The van der Waals surface area contributed by atoms with Gasteiger partial charge in [0.25, 0.3) is 6.71 Å². The molecule has 0 unspecified atom stereocenters. The first-order valence-corrected chi connectivity index (χ1v) is 13.7. The van der Waals surface area contributed by atoms with E-state index >= 15 is 0 Å². The van der Waals surface area contributed by atoms with Gasteiger partial charge in [0.15, 0.2) is 0 Å². The molecule has 0 saturated carbocycles. The first kappa shape index (κ1) is 16.1. The summed E-state index contributed by atoms with van der Waals surface area (Å²) in [5.41, 5.74) is -1.71. The van der Waals surface area contributed by atoms with Crippen LogP contribution in [0.4, 0.5) is 17.1 Å². The first-order chi connectivity index (χ1) is 23.7. The molecule has 0 N–H and O–H groups in total. The highest BCUT2D eigenvalue weighted by molar-refractivity contribution is 6.99. The van der Waals surface area contributed by atoms with Crippen LogP contribution in [0.3, 0.4) is 0 Å². The fourth-order valence-corrected chi connectivity index (χ4v) is 5.05. The molecule has 4 aromatic rings. The van der Waals surface area contributed by atoms with Gasteiger partial charge in [-0.2, -0.15) is 0 Å². The number of hydrogen-bond donors (Lipinski definition) is 0. The molecule has 2 aliphatic rings. The Morgan fingerprint density at radius 3 is 1.75 bits per heavy atom. The zero-order valence-electron chi connectivity index (χ0n) is 36.9. The van der Waals surface area contributed by atoms with E-state index < -0.39 is 35.0 Å². The van der Waals surface area contributed by atoms with Crippen molar-refractivity contribution >= 4 is 40.2 Å². The second kappa shape index (κ2) is 8.77. The number of anilines is 3. The Morgan fingerprint density at radius 1 is 0.600 bits per heavy atom. The number of hydrogen-bond acceptors (Lipinski definition) is 2. The van der Waals surface area contributed by atoms with Crippen LogP contribution in [0.5, 0.6) is 11.5 Å². The van der Waals surface area contributed by atoms with Crippen molar-refractivity contribution in [3.8, 4) is 11.5 Å². The van der Waals surface area contributed by atoms with Crippen LogP contribution < -0.4 is 26.0 Å². The number of nitrogens with zero attached hydrogens (tertiary/aromatic N) is 1. The van der Waals surface area contributed by atoms with E-state index in [9.17, 15) is 9.60 Å². The topological polar surface area (TPSA) is 12.5 Å². The molecule has 0 aromatic heterocycles. The zero-order chi connectivity index (χ0) is 39.2. The summed E-state index contributed by atoms with van der Waals surface area (Å²) in [6, 6.07) is -3.46. The normalized spacial score (nSPS) is 18.6. The molecule has 0 atom stereocenters. The Bertz CT molecular complexity index is 2250. The largest absolute Gasteiger partial charge is 0.458 e. The van der Waals surface area contributed by atoms with E-state index in [0.717, 1.165) is 0 Å². The summed E-state index contributed by atoms with van der Waals surface area (Å²) < 4.78 is 118. The van der Waals surface area contributed by atoms with E-state index in [1.807, 2.05) is 41.5 Å². The van der Waals surface area contributed by atoms with E-state index in [2.05, 4.69) is 0 Å². The Balaban J connectivity index is 1.94. The highest BCUT2D eigenvalue weighted by Gasteiger charge is 2.42. The average Bonchev–Trinajstić information content (AvgIpc) is 3.00.